The molecule has 9 heteroatoms. The topological polar surface area (TPSA) is 109 Å². The zero-order chi connectivity index (χ0) is 28.6. The maximum absolute atomic E-state index is 14.4. The van der Waals surface area contributed by atoms with Crippen LogP contribution >= 0.6 is 0 Å². The van der Waals surface area contributed by atoms with Crippen LogP contribution in [0.5, 0.6) is 0 Å². The summed E-state index contributed by atoms with van der Waals surface area (Å²) in [6.07, 6.45) is 4.92. The van der Waals surface area contributed by atoms with Crippen molar-refractivity contribution >= 4 is 17.7 Å². The number of hydrogen-bond donors (Lipinski definition) is 2. The number of aromatic nitrogens is 3. The van der Waals surface area contributed by atoms with E-state index in [0.29, 0.717) is 24.8 Å². The van der Waals surface area contributed by atoms with Crippen LogP contribution in [0, 0.1) is 11.8 Å². The second-order valence-corrected chi connectivity index (χ2v) is 12.4. The molecule has 1 aromatic heterocycles. The minimum absolute atomic E-state index is 0.0719. The van der Waals surface area contributed by atoms with Crippen molar-refractivity contribution in [2.75, 3.05) is 0 Å². The van der Waals surface area contributed by atoms with Crippen molar-refractivity contribution in [1.82, 2.24) is 30.3 Å². The molecular weight excluding hydrogens is 504 g/mol. The number of hydrogen-bond acceptors (Lipinski definition) is 5. The van der Waals surface area contributed by atoms with E-state index in [1.807, 2.05) is 71.0 Å². The van der Waals surface area contributed by atoms with Crippen LogP contribution in [0.1, 0.15) is 63.8 Å². The third-order valence-electron chi connectivity index (χ3n) is 7.62. The summed E-state index contributed by atoms with van der Waals surface area (Å²) >= 11 is 0. The predicted molar refractivity (Wildman–Crippen MR) is 151 cm³/mol. The monoisotopic (exact) mass is 542 g/mol. The molecule has 2 aromatic carbocycles. The van der Waals surface area contributed by atoms with Crippen molar-refractivity contribution in [3.63, 3.8) is 0 Å². The van der Waals surface area contributed by atoms with Crippen LogP contribution in [0.2, 0.25) is 0 Å². The highest BCUT2D eigenvalue weighted by atomic mass is 16.2. The molecule has 0 unspecified atom stereocenters. The number of amides is 3. The number of fused-ring (bicyclic) bond motifs is 1. The lowest BCUT2D eigenvalue weighted by molar-refractivity contribution is -0.158. The first-order chi connectivity index (χ1) is 19.0. The lowest BCUT2D eigenvalue weighted by Crippen LogP contribution is -2.67. The van der Waals surface area contributed by atoms with Gasteiger partial charge in [-0.2, -0.15) is 5.10 Å². The van der Waals surface area contributed by atoms with E-state index in [4.69, 9.17) is 0 Å². The zero-order valence-electron chi connectivity index (χ0n) is 23.8. The van der Waals surface area contributed by atoms with Crippen LogP contribution in [0.4, 0.5) is 0 Å². The van der Waals surface area contributed by atoms with Crippen LogP contribution in [0.3, 0.4) is 0 Å². The van der Waals surface area contributed by atoms with Gasteiger partial charge in [0.1, 0.15) is 30.8 Å². The van der Waals surface area contributed by atoms with Crippen molar-refractivity contribution in [3.8, 4) is 5.69 Å². The molecule has 0 saturated carbocycles. The lowest BCUT2D eigenvalue weighted by atomic mass is 9.87. The standard InChI is InChI=1S/C31H38N6O3/c1-19(2)14-25-28(38)34-26(23-15-21-8-6-7-9-22(21)16-23)30(40)37(25)27(29(39)35-31(3,4)5)20-10-12-24(13-11-20)36-18-32-17-33-36/h6-13,17-19,23,25-27H,14-16H2,1-5H3,(H,34,38)(H,35,39)/t25-,26-,27-/m1/s1. The number of nitrogens with zero attached hydrogens (tertiary/aromatic N) is 4. The smallest absolute Gasteiger partial charge is 0.247 e. The highest BCUT2D eigenvalue weighted by Gasteiger charge is 2.49. The molecule has 1 fully saturated rings. The fourth-order valence-electron chi connectivity index (χ4n) is 5.90. The predicted octanol–water partition coefficient (Wildman–Crippen LogP) is 3.38. The molecule has 5 rings (SSSR count). The van der Waals surface area contributed by atoms with Gasteiger partial charge in [0.2, 0.25) is 17.7 Å². The van der Waals surface area contributed by atoms with E-state index in [-0.39, 0.29) is 29.6 Å². The molecule has 0 radical (unpaired) electrons. The highest BCUT2D eigenvalue weighted by molar-refractivity contribution is 6.00. The van der Waals surface area contributed by atoms with Crippen LogP contribution in [0.15, 0.2) is 61.2 Å². The second kappa shape index (κ2) is 10.9. The number of carbonyl (C=O) groups is 3. The summed E-state index contributed by atoms with van der Waals surface area (Å²) in [6, 6.07) is 13.1. The molecule has 3 amide bonds. The van der Waals surface area contributed by atoms with Crippen LogP contribution in [-0.4, -0.2) is 55.0 Å². The molecule has 1 aliphatic carbocycles. The number of benzene rings is 2. The van der Waals surface area contributed by atoms with Gasteiger partial charge in [-0.25, -0.2) is 9.67 Å². The van der Waals surface area contributed by atoms with Gasteiger partial charge in [0, 0.05) is 5.54 Å². The summed E-state index contributed by atoms with van der Waals surface area (Å²) in [5, 5.41) is 10.3. The maximum atomic E-state index is 14.4. The first kappa shape index (κ1) is 27.6. The average molecular weight is 543 g/mol. The molecule has 2 aliphatic rings. The number of piperazine rings is 1. The molecule has 3 atom stereocenters. The van der Waals surface area contributed by atoms with Gasteiger partial charge in [-0.3, -0.25) is 14.4 Å². The minimum atomic E-state index is -0.974. The summed E-state index contributed by atoms with van der Waals surface area (Å²) in [7, 11) is 0. The average Bonchev–Trinajstić information content (AvgIpc) is 3.57. The third-order valence-corrected chi connectivity index (χ3v) is 7.62. The van der Waals surface area contributed by atoms with E-state index in [1.54, 1.807) is 15.9 Å². The fraction of sp³-hybridized carbons (Fsp3) is 0.452. The van der Waals surface area contributed by atoms with Crippen molar-refractivity contribution in [2.24, 2.45) is 11.8 Å². The molecule has 210 valence electrons. The molecule has 1 aliphatic heterocycles. The molecule has 9 nitrogen and oxygen atoms in total. The quantitative estimate of drug-likeness (QED) is 0.476. The van der Waals surface area contributed by atoms with Crippen LogP contribution in [0.25, 0.3) is 5.69 Å². The Bertz CT molecular complexity index is 1350. The van der Waals surface area contributed by atoms with Gasteiger partial charge in [0.25, 0.3) is 0 Å². The Morgan fingerprint density at radius 1 is 1.05 bits per heavy atom. The Kier molecular flexibility index (Phi) is 7.49. The Morgan fingerprint density at radius 3 is 2.25 bits per heavy atom. The van der Waals surface area contributed by atoms with E-state index in [0.717, 1.165) is 5.69 Å². The number of carbonyl (C=O) groups excluding carboxylic acids is 3. The molecule has 2 heterocycles. The zero-order valence-corrected chi connectivity index (χ0v) is 23.8. The number of nitrogens with one attached hydrogen (secondary N) is 2. The Labute approximate surface area is 235 Å². The van der Waals surface area contributed by atoms with E-state index in [1.165, 1.54) is 17.5 Å². The summed E-state index contributed by atoms with van der Waals surface area (Å²) in [4.78, 5) is 47.7. The van der Waals surface area contributed by atoms with E-state index in [2.05, 4.69) is 32.8 Å². The van der Waals surface area contributed by atoms with Gasteiger partial charge in [-0.15, -0.1) is 0 Å². The van der Waals surface area contributed by atoms with Gasteiger partial charge < -0.3 is 15.5 Å². The Hall–Kier alpha value is -4.01. The minimum Gasteiger partial charge on any atom is -0.349 e. The van der Waals surface area contributed by atoms with Gasteiger partial charge in [0.15, 0.2) is 0 Å². The highest BCUT2D eigenvalue weighted by Crippen LogP contribution is 2.35. The molecule has 2 N–H and O–H groups in total. The fourth-order valence-corrected chi connectivity index (χ4v) is 5.90. The summed E-state index contributed by atoms with van der Waals surface area (Å²) < 4.78 is 1.63. The van der Waals surface area contributed by atoms with Crippen molar-refractivity contribution < 1.29 is 14.4 Å². The van der Waals surface area contributed by atoms with Gasteiger partial charge >= 0.3 is 0 Å². The molecular formula is C31H38N6O3. The van der Waals surface area contributed by atoms with Crippen molar-refractivity contribution in [3.05, 3.63) is 77.9 Å². The summed E-state index contributed by atoms with van der Waals surface area (Å²) in [6.45, 7) is 9.76. The normalized spacial score (nSPS) is 20.4. The molecule has 3 aromatic rings. The molecule has 0 spiro atoms. The van der Waals surface area contributed by atoms with Crippen LogP contribution < -0.4 is 10.6 Å². The first-order valence-corrected chi connectivity index (χ1v) is 14.0. The van der Waals surface area contributed by atoms with E-state index < -0.39 is 23.7 Å². The molecule has 40 heavy (non-hydrogen) atoms. The van der Waals surface area contributed by atoms with Gasteiger partial charge in [-0.05, 0) is 80.7 Å². The Balaban J connectivity index is 1.55. The largest absolute Gasteiger partial charge is 0.349 e. The second-order valence-electron chi connectivity index (χ2n) is 12.4. The van der Waals surface area contributed by atoms with Crippen molar-refractivity contribution in [1.29, 1.82) is 0 Å². The molecule has 1 saturated heterocycles. The van der Waals surface area contributed by atoms with Gasteiger partial charge in [0.05, 0.1) is 5.69 Å². The van der Waals surface area contributed by atoms with Crippen molar-refractivity contribution in [2.45, 2.75) is 77.5 Å². The lowest BCUT2D eigenvalue weighted by Gasteiger charge is -2.45. The Morgan fingerprint density at radius 2 is 1.70 bits per heavy atom. The first-order valence-electron chi connectivity index (χ1n) is 14.0. The SMILES string of the molecule is CC(C)C[C@@H]1C(=O)N[C@H](C2Cc3ccccc3C2)C(=O)N1[C@@H](C(=O)NC(C)(C)C)c1ccc(-n2cncn2)cc1. The third kappa shape index (κ3) is 5.64. The van der Waals surface area contributed by atoms with Crippen LogP contribution in [-0.2, 0) is 27.2 Å². The summed E-state index contributed by atoms with van der Waals surface area (Å²) in [5.74, 6) is -0.664. The number of rotatable bonds is 7. The molecule has 0 bridgehead atoms. The summed E-state index contributed by atoms with van der Waals surface area (Å²) in [5.41, 5.74) is 3.29. The van der Waals surface area contributed by atoms with Gasteiger partial charge in [-0.1, -0.05) is 50.2 Å². The van der Waals surface area contributed by atoms with E-state index >= 15 is 0 Å². The van der Waals surface area contributed by atoms with E-state index in [9.17, 15) is 14.4 Å². The maximum Gasteiger partial charge on any atom is 0.247 e.